The molecule has 41 nitrogen and oxygen atoms in total. The molecule has 14 atom stereocenters. The number of benzene rings is 1. The van der Waals surface area contributed by atoms with Crippen molar-refractivity contribution in [2.45, 2.75) is 191 Å². The Kier molecular flexibility index (Phi) is 37.9. The van der Waals surface area contributed by atoms with Gasteiger partial charge in [-0.05, 0) is 75.0 Å². The van der Waals surface area contributed by atoms with E-state index in [1.165, 1.54) is 45.1 Å². The molecule has 2 aliphatic heterocycles. The molecule has 0 aromatic heterocycles. The van der Waals surface area contributed by atoms with Crippen molar-refractivity contribution in [3.8, 4) is 5.75 Å². The van der Waals surface area contributed by atoms with Crippen molar-refractivity contribution >= 4 is 113 Å². The van der Waals surface area contributed by atoms with Gasteiger partial charge in [0, 0.05) is 51.9 Å². The summed E-state index contributed by atoms with van der Waals surface area (Å²) >= 11 is 0. The quantitative estimate of drug-likeness (QED) is 0.0182. The number of fused-ring (bicyclic) bond motifs is 1. The fourth-order valence-electron chi connectivity index (χ4n) is 10.8. The number of aliphatic hydroxyl groups excluding tert-OH is 2. The summed E-state index contributed by atoms with van der Waals surface area (Å²) < 4.78 is 5.59. The van der Waals surface area contributed by atoms with Crippen molar-refractivity contribution in [1.29, 1.82) is 0 Å². The van der Waals surface area contributed by atoms with Crippen molar-refractivity contribution in [3.63, 3.8) is 0 Å². The van der Waals surface area contributed by atoms with Crippen LogP contribution in [0.1, 0.15) is 118 Å². The second-order valence-electron chi connectivity index (χ2n) is 26.4. The molecular weight excluding hydrogens is 1450 g/mol. The second kappa shape index (κ2) is 45.1. The third-order valence-corrected chi connectivity index (χ3v) is 17.1. The summed E-state index contributed by atoms with van der Waals surface area (Å²) in [5.41, 5.74) is 0.143. The van der Waals surface area contributed by atoms with E-state index in [2.05, 4.69) is 67.0 Å². The zero-order valence-corrected chi connectivity index (χ0v) is 60.9. The Morgan fingerprint density at radius 3 is 1.91 bits per heavy atom. The summed E-state index contributed by atoms with van der Waals surface area (Å²) in [6.07, 6.45) is -5.91. The third-order valence-electron chi connectivity index (χ3n) is 17.1. The lowest BCUT2D eigenvalue weighted by molar-refractivity contribution is -0.157. The minimum absolute atomic E-state index is 0.0194. The fourth-order valence-corrected chi connectivity index (χ4v) is 10.8. The maximum atomic E-state index is 15.1. The van der Waals surface area contributed by atoms with Crippen molar-refractivity contribution in [2.75, 3.05) is 39.8 Å². The zero-order chi connectivity index (χ0) is 82.1. The summed E-state index contributed by atoms with van der Waals surface area (Å²) in [6, 6.07) is -13.9. The van der Waals surface area contributed by atoms with Crippen LogP contribution >= 0.6 is 0 Å². The van der Waals surface area contributed by atoms with E-state index in [4.69, 9.17) is 4.74 Å². The predicted octanol–water partition coefficient (Wildman–Crippen LogP) is -5.73. The molecule has 2 aliphatic rings. The van der Waals surface area contributed by atoms with E-state index in [1.807, 2.05) is 11.4 Å². The van der Waals surface area contributed by atoms with Crippen LogP contribution in [0.3, 0.4) is 0 Å². The average Bonchev–Trinajstić information content (AvgIpc) is 1.78. The number of carbonyl (C=O) groups excluding carboxylic acids is 14. The van der Waals surface area contributed by atoms with Gasteiger partial charge in [0.1, 0.15) is 72.8 Å². The molecule has 0 spiro atoms. The van der Waals surface area contributed by atoms with E-state index in [9.17, 15) is 122 Å². The molecule has 14 unspecified atom stereocenters. The van der Waals surface area contributed by atoms with Gasteiger partial charge in [-0.3, -0.25) is 81.5 Å². The molecule has 19 N–H and O–H groups in total. The van der Waals surface area contributed by atoms with Crippen molar-refractivity contribution in [2.24, 2.45) is 17.8 Å². The normalized spacial score (nSPS) is 22.2. The number of aromatic hydroxyl groups is 1. The van der Waals surface area contributed by atoms with Crippen LogP contribution in [0.4, 0.5) is 0 Å². The number of phenols is 1. The van der Waals surface area contributed by atoms with Gasteiger partial charge in [-0.2, -0.15) is 0 Å². The molecule has 2 heterocycles. The van der Waals surface area contributed by atoms with E-state index in [-0.39, 0.29) is 43.7 Å². The Labute approximate surface area is 624 Å². The van der Waals surface area contributed by atoms with Crippen LogP contribution in [0.2, 0.25) is 0 Å². The van der Waals surface area contributed by atoms with Gasteiger partial charge in [0.05, 0.1) is 25.4 Å². The number of aliphatic hydroxyl groups is 2. The van der Waals surface area contributed by atoms with Crippen molar-refractivity contribution in [1.82, 2.24) is 68.3 Å². The van der Waals surface area contributed by atoms with Crippen LogP contribution in [-0.2, 0) is 102 Å². The molecule has 3 rings (SSSR count). The summed E-state index contributed by atoms with van der Waals surface area (Å²) in [4.78, 5) is 258. The first-order valence-electron chi connectivity index (χ1n) is 34.7. The van der Waals surface area contributed by atoms with E-state index in [0.717, 1.165) is 38.9 Å². The topological polar surface area (TPSA) is 634 Å². The number of likely N-dealkylation sites (N-methyl/N-ethyl adjacent to an activating group) is 1. The van der Waals surface area contributed by atoms with Crippen LogP contribution in [0.25, 0.3) is 0 Å². The van der Waals surface area contributed by atoms with Crippen LogP contribution in [-0.4, -0.2) is 276 Å². The Hall–Kier alpha value is -11.6. The Bertz CT molecular complexity index is 3550. The lowest BCUT2D eigenvalue weighted by Gasteiger charge is -2.32. The van der Waals surface area contributed by atoms with Crippen LogP contribution < -0.4 is 58.5 Å². The molecular formula is C68H97N13O28. The number of amides is 13. The summed E-state index contributed by atoms with van der Waals surface area (Å²) in [5.74, 6) is -28.5. The van der Waals surface area contributed by atoms with Crippen LogP contribution in [0, 0.1) is 17.8 Å². The predicted molar refractivity (Wildman–Crippen MR) is 373 cm³/mol. The molecule has 41 heteroatoms. The molecule has 602 valence electrons. The number of aliphatic carboxylic acids is 5. The number of allylic oxidation sites excluding steroid dienone is 3. The zero-order valence-electron chi connectivity index (χ0n) is 60.9. The number of cyclic esters (lactones) is 1. The van der Waals surface area contributed by atoms with Crippen LogP contribution in [0.5, 0.6) is 5.75 Å². The van der Waals surface area contributed by atoms with Gasteiger partial charge in [0.2, 0.25) is 76.8 Å². The van der Waals surface area contributed by atoms with Gasteiger partial charge in [-0.1, -0.05) is 71.4 Å². The number of carboxylic acid groups (broad SMARTS) is 5. The van der Waals surface area contributed by atoms with Gasteiger partial charge < -0.3 is 114 Å². The molecule has 0 bridgehead atoms. The first-order chi connectivity index (χ1) is 51.1. The van der Waals surface area contributed by atoms with Gasteiger partial charge in [0.15, 0.2) is 12.2 Å². The highest BCUT2D eigenvalue weighted by Crippen LogP contribution is 2.21. The molecule has 2 saturated heterocycles. The molecule has 0 aliphatic carbocycles. The Morgan fingerprint density at radius 2 is 1.30 bits per heavy atom. The number of esters is 1. The molecule has 109 heavy (non-hydrogen) atoms. The SMILES string of the molecule is CCC(C)C1NC(=O)C(NC(=O)C(Cc2ccc(O)cc2)NC(=O)C(CCC(=O)O)NC(=O)CNC(=O)C(C)CNC(=O)C=CC=CCCC(C)C)C(C)OC(=O)CN(C)C(=O)C(CC(O)C(=O)O)NC(=O)C(CCC(=O)O)NC(=O)CNC(=O)C2CCCN2C(=O)C(C(O)C(=O)O)NC(=O)C(CC(=O)O)NC1=O. The van der Waals surface area contributed by atoms with Crippen molar-refractivity contribution < 1.29 is 137 Å². The molecule has 0 saturated carbocycles. The summed E-state index contributed by atoms with van der Waals surface area (Å²) in [7, 11) is 0.885. The number of phenolic OH excluding ortho intramolecular Hbond substituents is 1. The van der Waals surface area contributed by atoms with E-state index in [0.29, 0.717) is 15.7 Å². The molecule has 1 aromatic carbocycles. The van der Waals surface area contributed by atoms with Gasteiger partial charge in [-0.25, -0.2) is 9.59 Å². The number of hydrogen-bond donors (Lipinski definition) is 19. The summed E-state index contributed by atoms with van der Waals surface area (Å²) in [6.45, 7) is 5.64. The monoisotopic (exact) mass is 1540 g/mol. The van der Waals surface area contributed by atoms with Crippen molar-refractivity contribution in [3.05, 3.63) is 54.1 Å². The molecule has 13 amide bonds. The first kappa shape index (κ1) is 91.6. The highest BCUT2D eigenvalue weighted by molar-refractivity contribution is 6.01. The Morgan fingerprint density at radius 1 is 0.670 bits per heavy atom. The highest BCUT2D eigenvalue weighted by Gasteiger charge is 2.45. The number of nitrogens with one attached hydrogen (secondary N) is 11. The number of carboxylic acids is 5. The fraction of sp³-hybridized carbons (Fsp3) is 0.574. The lowest BCUT2D eigenvalue weighted by Crippen LogP contribution is -2.64. The highest BCUT2D eigenvalue weighted by atomic mass is 16.5. The maximum Gasteiger partial charge on any atom is 0.335 e. The number of carbonyl (C=O) groups is 19. The molecule has 2 fully saturated rings. The standard InChI is InChI=1S/C68H97N13O28/c1-8-34(4)53-63(101)75-42(28-51(91)92)61(99)79-55(56(94)68(107)108)66(104)81-25-13-15-44(81)62(100)71-31-48(86)73-40(22-24-50(89)90)59(97)76-43(27-45(83)67(105)106)65(103)80(7)32-52(93)109-36(6)54(64(102)77-53)78-60(98)41(26-37-17-19-38(82)20-18-37)74-58(96)39(21-23-49(87)88)72-47(85)30-70-57(95)35(5)29-69-46(84)16-12-10-9-11-14-33(2)3/h9-10,12,16-20,33-36,39-45,53-56,82-83,94H,8,11,13-15,21-32H2,1-7H3,(H,69,84)(H,70,95)(H,71,100)(H,72,85)(H,73,86)(H,74,96)(H,75,101)(H,76,97)(H,77,102)(H,78,98)(H,79,99)(H,87,88)(H,89,90)(H,91,92)(H,105,106)(H,107,108). The third kappa shape index (κ3) is 31.8. The summed E-state index contributed by atoms with van der Waals surface area (Å²) in [5, 5.41) is 105. The largest absolute Gasteiger partial charge is 0.508 e. The van der Waals surface area contributed by atoms with Gasteiger partial charge in [-0.15, -0.1) is 0 Å². The number of hydrogen-bond acceptors (Lipinski definition) is 23. The van der Waals surface area contributed by atoms with Gasteiger partial charge >= 0.3 is 35.8 Å². The Balaban J connectivity index is 2.24. The van der Waals surface area contributed by atoms with Crippen LogP contribution in [0.15, 0.2) is 48.6 Å². The minimum atomic E-state index is -2.87. The smallest absolute Gasteiger partial charge is 0.335 e. The molecule has 0 radical (unpaired) electrons. The number of rotatable bonds is 32. The number of ether oxygens (including phenoxy) is 1. The van der Waals surface area contributed by atoms with E-state index < -0.39 is 262 Å². The maximum absolute atomic E-state index is 15.1. The second-order valence-corrected chi connectivity index (χ2v) is 26.4. The van der Waals surface area contributed by atoms with E-state index in [1.54, 1.807) is 6.08 Å². The van der Waals surface area contributed by atoms with Gasteiger partial charge in [0.25, 0.3) is 0 Å². The minimum Gasteiger partial charge on any atom is -0.508 e. The van der Waals surface area contributed by atoms with E-state index >= 15 is 9.59 Å². The molecule has 1 aromatic rings. The average molecular weight is 1540 g/mol. The number of nitrogens with zero attached hydrogens (tertiary/aromatic N) is 2. The first-order valence-corrected chi connectivity index (χ1v) is 34.7. The lowest BCUT2D eigenvalue weighted by atomic mass is 9.96.